The molecule has 20 heavy (non-hydrogen) atoms. The Balaban J connectivity index is 2.38. The average Bonchev–Trinajstić information content (AvgIpc) is 2.46. The highest BCUT2D eigenvalue weighted by Crippen LogP contribution is 2.23. The van der Waals surface area contributed by atoms with Gasteiger partial charge in [-0.25, -0.2) is 0 Å². The van der Waals surface area contributed by atoms with E-state index in [9.17, 15) is 0 Å². The second-order valence-electron chi connectivity index (χ2n) is 5.38. The molecule has 0 atom stereocenters. The molecule has 2 aromatic rings. The van der Waals surface area contributed by atoms with Crippen LogP contribution in [0.2, 0.25) is 0 Å². The standard InChI is InChI=1S/C18H23NO/c1-13(2)17(12-19-3)10-14-5-6-16-11-18(20-4)8-7-15(16)9-14/h5-11,13,19H,12H2,1-4H3. The van der Waals surface area contributed by atoms with Crippen molar-refractivity contribution in [2.24, 2.45) is 5.92 Å². The molecule has 2 nitrogen and oxygen atoms in total. The molecule has 2 rings (SSSR count). The van der Waals surface area contributed by atoms with Crippen LogP contribution in [-0.4, -0.2) is 20.7 Å². The summed E-state index contributed by atoms with van der Waals surface area (Å²) in [7, 11) is 3.69. The Kier molecular flexibility index (Phi) is 4.80. The molecule has 0 fully saturated rings. The van der Waals surface area contributed by atoms with E-state index >= 15 is 0 Å². The van der Waals surface area contributed by atoms with Crippen LogP contribution in [0.1, 0.15) is 19.4 Å². The van der Waals surface area contributed by atoms with Crippen LogP contribution in [0.25, 0.3) is 16.8 Å². The van der Waals surface area contributed by atoms with Gasteiger partial charge in [0.1, 0.15) is 5.75 Å². The molecule has 2 aromatic carbocycles. The largest absolute Gasteiger partial charge is 0.497 e. The predicted molar refractivity (Wildman–Crippen MR) is 87.2 cm³/mol. The van der Waals surface area contributed by atoms with Gasteiger partial charge >= 0.3 is 0 Å². The van der Waals surface area contributed by atoms with Crippen LogP contribution in [0.15, 0.2) is 42.0 Å². The minimum absolute atomic E-state index is 0.550. The van der Waals surface area contributed by atoms with Crippen LogP contribution in [0.5, 0.6) is 5.75 Å². The summed E-state index contributed by atoms with van der Waals surface area (Å²) < 4.78 is 5.26. The van der Waals surface area contributed by atoms with E-state index in [0.29, 0.717) is 5.92 Å². The number of hydrogen-bond donors (Lipinski definition) is 1. The van der Waals surface area contributed by atoms with Crippen molar-refractivity contribution in [3.63, 3.8) is 0 Å². The normalized spacial score (nSPS) is 12.2. The van der Waals surface area contributed by atoms with Crippen molar-refractivity contribution in [3.05, 3.63) is 47.5 Å². The Hall–Kier alpha value is -1.80. The van der Waals surface area contributed by atoms with E-state index < -0.39 is 0 Å². The zero-order valence-corrected chi connectivity index (χ0v) is 12.7. The van der Waals surface area contributed by atoms with E-state index in [0.717, 1.165) is 12.3 Å². The van der Waals surface area contributed by atoms with Gasteiger partial charge in [-0.05, 0) is 47.5 Å². The van der Waals surface area contributed by atoms with Crippen molar-refractivity contribution in [1.82, 2.24) is 5.32 Å². The van der Waals surface area contributed by atoms with E-state index in [1.54, 1.807) is 7.11 Å². The molecule has 0 unspecified atom stereocenters. The third kappa shape index (κ3) is 3.40. The molecule has 0 bridgehead atoms. The maximum absolute atomic E-state index is 5.26. The minimum Gasteiger partial charge on any atom is -0.497 e. The zero-order valence-electron chi connectivity index (χ0n) is 12.7. The number of benzene rings is 2. The molecule has 0 aromatic heterocycles. The van der Waals surface area contributed by atoms with Gasteiger partial charge in [-0.1, -0.05) is 43.7 Å². The number of rotatable bonds is 5. The Morgan fingerprint density at radius 1 is 1.15 bits per heavy atom. The Labute approximate surface area is 121 Å². The summed E-state index contributed by atoms with van der Waals surface area (Å²) in [6, 6.07) is 12.7. The molecular formula is C18H23NO. The van der Waals surface area contributed by atoms with Crippen LogP contribution in [0, 0.1) is 5.92 Å². The molecule has 1 N–H and O–H groups in total. The fourth-order valence-corrected chi connectivity index (χ4v) is 2.30. The predicted octanol–water partition coefficient (Wildman–Crippen LogP) is 4.11. The third-order valence-electron chi connectivity index (χ3n) is 3.55. The van der Waals surface area contributed by atoms with E-state index in [4.69, 9.17) is 4.74 Å². The van der Waals surface area contributed by atoms with Gasteiger partial charge in [0.05, 0.1) is 7.11 Å². The van der Waals surface area contributed by atoms with Crippen molar-refractivity contribution in [2.45, 2.75) is 13.8 Å². The SMILES string of the molecule is CNCC(=Cc1ccc2cc(OC)ccc2c1)C(C)C. The van der Waals surface area contributed by atoms with Gasteiger partial charge < -0.3 is 10.1 Å². The smallest absolute Gasteiger partial charge is 0.119 e. The second kappa shape index (κ2) is 6.58. The maximum Gasteiger partial charge on any atom is 0.119 e. The lowest BCUT2D eigenvalue weighted by Gasteiger charge is -2.11. The number of ether oxygens (including phenoxy) is 1. The van der Waals surface area contributed by atoms with Gasteiger partial charge in [0.25, 0.3) is 0 Å². The maximum atomic E-state index is 5.26. The highest BCUT2D eigenvalue weighted by molar-refractivity contribution is 5.86. The number of methoxy groups -OCH3 is 1. The molecule has 0 saturated heterocycles. The van der Waals surface area contributed by atoms with Gasteiger partial charge in [0.15, 0.2) is 0 Å². The van der Waals surface area contributed by atoms with Crippen LogP contribution >= 0.6 is 0 Å². The van der Waals surface area contributed by atoms with E-state index in [2.05, 4.69) is 55.6 Å². The molecular weight excluding hydrogens is 246 g/mol. The number of nitrogens with one attached hydrogen (secondary N) is 1. The van der Waals surface area contributed by atoms with E-state index in [-0.39, 0.29) is 0 Å². The topological polar surface area (TPSA) is 21.3 Å². The molecule has 106 valence electrons. The quantitative estimate of drug-likeness (QED) is 0.882. The first-order chi connectivity index (χ1) is 9.63. The van der Waals surface area contributed by atoms with Crippen molar-refractivity contribution in [2.75, 3.05) is 20.7 Å². The van der Waals surface area contributed by atoms with Gasteiger partial charge in [-0.2, -0.15) is 0 Å². The first kappa shape index (κ1) is 14.6. The molecule has 0 saturated carbocycles. The fourth-order valence-electron chi connectivity index (χ4n) is 2.30. The minimum atomic E-state index is 0.550. The number of likely N-dealkylation sites (N-methyl/N-ethyl adjacent to an activating group) is 1. The summed E-state index contributed by atoms with van der Waals surface area (Å²) in [5.74, 6) is 1.45. The molecule has 0 amide bonds. The Bertz CT molecular complexity index is 614. The van der Waals surface area contributed by atoms with E-state index in [1.807, 2.05) is 13.1 Å². The first-order valence-electron chi connectivity index (χ1n) is 7.07. The summed E-state index contributed by atoms with van der Waals surface area (Å²) in [6.07, 6.45) is 2.28. The Morgan fingerprint density at radius 3 is 2.50 bits per heavy atom. The lowest BCUT2D eigenvalue weighted by atomic mass is 9.99. The van der Waals surface area contributed by atoms with E-state index in [1.165, 1.54) is 21.9 Å². The second-order valence-corrected chi connectivity index (χ2v) is 5.38. The molecule has 0 heterocycles. The molecule has 0 aliphatic heterocycles. The van der Waals surface area contributed by atoms with Crippen LogP contribution in [0.3, 0.4) is 0 Å². The molecule has 0 aliphatic carbocycles. The fraction of sp³-hybridized carbons (Fsp3) is 0.333. The summed E-state index contributed by atoms with van der Waals surface area (Å²) in [6.45, 7) is 5.39. The number of fused-ring (bicyclic) bond motifs is 1. The van der Waals surface area contributed by atoms with Crippen LogP contribution < -0.4 is 10.1 Å². The molecule has 0 aliphatic rings. The number of hydrogen-bond acceptors (Lipinski definition) is 2. The summed E-state index contributed by atoms with van der Waals surface area (Å²) >= 11 is 0. The lowest BCUT2D eigenvalue weighted by Crippen LogP contribution is -2.13. The van der Waals surface area contributed by atoms with Crippen molar-refractivity contribution in [1.29, 1.82) is 0 Å². The summed E-state index contributed by atoms with van der Waals surface area (Å²) in [5, 5.41) is 5.69. The van der Waals surface area contributed by atoms with Crippen molar-refractivity contribution < 1.29 is 4.74 Å². The highest BCUT2D eigenvalue weighted by Gasteiger charge is 2.03. The monoisotopic (exact) mass is 269 g/mol. The van der Waals surface area contributed by atoms with Gasteiger partial charge in [-0.3, -0.25) is 0 Å². The van der Waals surface area contributed by atoms with Gasteiger partial charge in [0, 0.05) is 6.54 Å². The molecule has 0 spiro atoms. The summed E-state index contributed by atoms with van der Waals surface area (Å²) in [4.78, 5) is 0. The van der Waals surface area contributed by atoms with Crippen LogP contribution in [-0.2, 0) is 0 Å². The third-order valence-corrected chi connectivity index (χ3v) is 3.55. The summed E-state index contributed by atoms with van der Waals surface area (Å²) in [5.41, 5.74) is 2.67. The van der Waals surface area contributed by atoms with Gasteiger partial charge in [-0.15, -0.1) is 0 Å². The molecule has 0 radical (unpaired) electrons. The average molecular weight is 269 g/mol. The first-order valence-corrected chi connectivity index (χ1v) is 7.07. The zero-order chi connectivity index (χ0) is 14.5. The molecule has 2 heteroatoms. The Morgan fingerprint density at radius 2 is 1.85 bits per heavy atom. The van der Waals surface area contributed by atoms with Gasteiger partial charge in [0.2, 0.25) is 0 Å². The lowest BCUT2D eigenvalue weighted by molar-refractivity contribution is 0.415. The highest BCUT2D eigenvalue weighted by atomic mass is 16.5. The van der Waals surface area contributed by atoms with Crippen molar-refractivity contribution in [3.8, 4) is 5.75 Å². The van der Waals surface area contributed by atoms with Crippen LogP contribution in [0.4, 0.5) is 0 Å². The van der Waals surface area contributed by atoms with Crippen molar-refractivity contribution >= 4 is 16.8 Å².